The molecule has 3 aromatic rings. The molecule has 5 rings (SSSR count). The Morgan fingerprint density at radius 3 is 2.97 bits per heavy atom. The van der Waals surface area contributed by atoms with Gasteiger partial charge in [0.05, 0.1) is 17.1 Å². The summed E-state index contributed by atoms with van der Waals surface area (Å²) in [5, 5.41) is 0. The number of amides is 1. The number of para-hydroxylation sites is 2. The Morgan fingerprint density at radius 2 is 2.10 bits per heavy atom. The van der Waals surface area contributed by atoms with Crippen LogP contribution in [0.15, 0.2) is 48.5 Å². The van der Waals surface area contributed by atoms with Crippen LogP contribution in [0.4, 0.5) is 0 Å². The molecule has 1 amide bonds. The van der Waals surface area contributed by atoms with E-state index in [1.54, 1.807) is 0 Å². The van der Waals surface area contributed by atoms with Gasteiger partial charge in [0, 0.05) is 31.2 Å². The van der Waals surface area contributed by atoms with Gasteiger partial charge in [-0.3, -0.25) is 4.79 Å². The number of nitrogens with one attached hydrogen (secondary N) is 1. The van der Waals surface area contributed by atoms with Gasteiger partial charge in [-0.15, -0.1) is 0 Å². The number of fused-ring (bicyclic) bond motifs is 1. The van der Waals surface area contributed by atoms with Gasteiger partial charge in [0.2, 0.25) is 0 Å². The monoisotopic (exact) mass is 405 g/mol. The van der Waals surface area contributed by atoms with Crippen LogP contribution in [0, 0.1) is 0 Å². The largest absolute Gasteiger partial charge is 0.491 e. The van der Waals surface area contributed by atoms with Crippen LogP contribution in [0.1, 0.15) is 47.8 Å². The molecule has 1 aromatic heterocycles. The van der Waals surface area contributed by atoms with Crippen molar-refractivity contribution >= 4 is 16.9 Å². The third-order valence-electron chi connectivity index (χ3n) is 6.04. The van der Waals surface area contributed by atoms with Crippen molar-refractivity contribution in [3.63, 3.8) is 0 Å². The minimum absolute atomic E-state index is 0.0541. The van der Waals surface area contributed by atoms with Gasteiger partial charge in [0.25, 0.3) is 5.91 Å². The molecule has 2 atom stereocenters. The van der Waals surface area contributed by atoms with Gasteiger partial charge in [0.1, 0.15) is 18.2 Å². The van der Waals surface area contributed by atoms with E-state index >= 15 is 0 Å². The highest BCUT2D eigenvalue weighted by Gasteiger charge is 2.27. The van der Waals surface area contributed by atoms with Crippen LogP contribution in [-0.2, 0) is 4.74 Å². The SMILES string of the molecule is O=C(c1cccc(OC[C@H]2CCCO2)c1)N1CCC[C@H](c2nc3ccccc3[nH]2)C1. The highest BCUT2D eigenvalue weighted by Crippen LogP contribution is 2.28. The molecule has 3 heterocycles. The maximum Gasteiger partial charge on any atom is 0.254 e. The summed E-state index contributed by atoms with van der Waals surface area (Å²) in [7, 11) is 0. The molecule has 156 valence electrons. The van der Waals surface area contributed by atoms with E-state index in [2.05, 4.69) is 4.98 Å². The summed E-state index contributed by atoms with van der Waals surface area (Å²) in [6.07, 6.45) is 4.30. The van der Waals surface area contributed by atoms with Crippen molar-refractivity contribution in [2.24, 2.45) is 0 Å². The highest BCUT2D eigenvalue weighted by molar-refractivity contribution is 5.94. The Hall–Kier alpha value is -2.86. The molecular formula is C24H27N3O3. The second kappa shape index (κ2) is 8.48. The molecular weight excluding hydrogens is 378 g/mol. The number of piperidine rings is 1. The number of carbonyl (C=O) groups is 1. The third-order valence-corrected chi connectivity index (χ3v) is 6.04. The Labute approximate surface area is 176 Å². The second-order valence-electron chi connectivity index (χ2n) is 8.20. The topological polar surface area (TPSA) is 67.5 Å². The number of aromatic amines is 1. The van der Waals surface area contributed by atoms with Crippen molar-refractivity contribution < 1.29 is 14.3 Å². The Balaban J connectivity index is 1.26. The molecule has 30 heavy (non-hydrogen) atoms. The number of carbonyl (C=O) groups excluding carboxylic acids is 1. The van der Waals surface area contributed by atoms with E-state index in [0.717, 1.165) is 61.4 Å². The van der Waals surface area contributed by atoms with Crippen LogP contribution >= 0.6 is 0 Å². The molecule has 0 aliphatic carbocycles. The molecule has 2 saturated heterocycles. The number of H-pyrrole nitrogens is 1. The van der Waals surface area contributed by atoms with Gasteiger partial charge in [-0.1, -0.05) is 18.2 Å². The molecule has 6 heteroatoms. The molecule has 2 aromatic carbocycles. The van der Waals surface area contributed by atoms with Crippen LogP contribution < -0.4 is 4.74 Å². The van der Waals surface area contributed by atoms with E-state index in [0.29, 0.717) is 18.7 Å². The zero-order valence-electron chi connectivity index (χ0n) is 17.0. The summed E-state index contributed by atoms with van der Waals surface area (Å²) in [6.45, 7) is 2.81. The molecule has 0 spiro atoms. The van der Waals surface area contributed by atoms with Crippen LogP contribution in [0.2, 0.25) is 0 Å². The standard InChI is InChI=1S/C24H27N3O3/c28-24(17-6-3-8-19(14-17)30-16-20-9-5-13-29-20)27-12-4-7-18(15-27)23-25-21-10-1-2-11-22(21)26-23/h1-3,6,8,10-11,14,18,20H,4-5,7,9,12-13,15-16H2,(H,25,26)/t18-,20+/m0/s1. The molecule has 0 bridgehead atoms. The number of imidazole rings is 1. The molecule has 0 radical (unpaired) electrons. The average Bonchev–Trinajstić information content (AvgIpc) is 3.47. The fourth-order valence-electron chi connectivity index (χ4n) is 4.42. The van der Waals surface area contributed by atoms with Crippen molar-refractivity contribution in [3.8, 4) is 5.75 Å². The smallest absolute Gasteiger partial charge is 0.254 e. The van der Waals surface area contributed by atoms with Crippen LogP contribution in [0.25, 0.3) is 11.0 Å². The third kappa shape index (κ3) is 4.05. The first-order chi connectivity index (χ1) is 14.8. The second-order valence-corrected chi connectivity index (χ2v) is 8.20. The van der Waals surface area contributed by atoms with E-state index in [9.17, 15) is 4.79 Å². The minimum Gasteiger partial charge on any atom is -0.491 e. The molecule has 2 fully saturated rings. The number of benzene rings is 2. The molecule has 1 N–H and O–H groups in total. The number of nitrogens with zero attached hydrogens (tertiary/aromatic N) is 2. The quantitative estimate of drug-likeness (QED) is 0.693. The molecule has 2 aliphatic rings. The van der Waals surface area contributed by atoms with E-state index in [4.69, 9.17) is 14.5 Å². The summed E-state index contributed by atoms with van der Waals surface area (Å²) in [5.41, 5.74) is 2.70. The Bertz CT molecular complexity index is 992. The van der Waals surface area contributed by atoms with Gasteiger partial charge in [-0.25, -0.2) is 4.98 Å². The van der Waals surface area contributed by atoms with E-state index in [-0.39, 0.29) is 17.9 Å². The van der Waals surface area contributed by atoms with Crippen LogP contribution in [0.5, 0.6) is 5.75 Å². The van der Waals surface area contributed by atoms with Gasteiger partial charge in [0.15, 0.2) is 0 Å². The predicted molar refractivity (Wildman–Crippen MR) is 115 cm³/mol. The molecule has 0 unspecified atom stereocenters. The summed E-state index contributed by atoms with van der Waals surface area (Å²) < 4.78 is 11.5. The average molecular weight is 405 g/mol. The van der Waals surface area contributed by atoms with Crippen LogP contribution in [-0.4, -0.2) is 53.2 Å². The summed E-state index contributed by atoms with van der Waals surface area (Å²) in [5.74, 6) is 1.98. The first-order valence-electron chi connectivity index (χ1n) is 10.8. The molecule has 0 saturated carbocycles. The van der Waals surface area contributed by atoms with E-state index in [1.807, 2.05) is 53.4 Å². The Morgan fingerprint density at radius 1 is 1.17 bits per heavy atom. The fraction of sp³-hybridized carbons (Fsp3) is 0.417. The first-order valence-corrected chi connectivity index (χ1v) is 10.8. The van der Waals surface area contributed by atoms with Gasteiger partial charge in [-0.05, 0) is 56.0 Å². The lowest BCUT2D eigenvalue weighted by molar-refractivity contribution is 0.0673. The van der Waals surface area contributed by atoms with Crippen molar-refractivity contribution in [3.05, 3.63) is 59.9 Å². The van der Waals surface area contributed by atoms with E-state index in [1.165, 1.54) is 0 Å². The predicted octanol–water partition coefficient (Wildman–Crippen LogP) is 4.14. The maximum absolute atomic E-state index is 13.2. The minimum atomic E-state index is 0.0541. The van der Waals surface area contributed by atoms with Crippen molar-refractivity contribution in [1.82, 2.24) is 14.9 Å². The Kier molecular flexibility index (Phi) is 5.41. The molecule has 6 nitrogen and oxygen atoms in total. The van der Waals surface area contributed by atoms with Crippen molar-refractivity contribution in [1.29, 1.82) is 0 Å². The van der Waals surface area contributed by atoms with Gasteiger partial charge in [-0.2, -0.15) is 0 Å². The number of rotatable bonds is 5. The van der Waals surface area contributed by atoms with Crippen LogP contribution in [0.3, 0.4) is 0 Å². The highest BCUT2D eigenvalue weighted by atomic mass is 16.5. The molecule has 2 aliphatic heterocycles. The zero-order valence-corrected chi connectivity index (χ0v) is 17.0. The summed E-state index contributed by atoms with van der Waals surface area (Å²) >= 11 is 0. The van der Waals surface area contributed by atoms with Crippen molar-refractivity contribution in [2.45, 2.75) is 37.7 Å². The zero-order chi connectivity index (χ0) is 20.3. The lowest BCUT2D eigenvalue weighted by Crippen LogP contribution is -2.39. The first kappa shape index (κ1) is 19.1. The van der Waals surface area contributed by atoms with Gasteiger partial charge < -0.3 is 19.4 Å². The lowest BCUT2D eigenvalue weighted by Gasteiger charge is -2.32. The number of hydrogen-bond donors (Lipinski definition) is 1. The summed E-state index contributed by atoms with van der Waals surface area (Å²) in [6, 6.07) is 15.6. The number of ether oxygens (including phenoxy) is 2. The van der Waals surface area contributed by atoms with Gasteiger partial charge >= 0.3 is 0 Å². The number of likely N-dealkylation sites (tertiary alicyclic amines) is 1. The lowest BCUT2D eigenvalue weighted by atomic mass is 9.96. The maximum atomic E-state index is 13.2. The number of hydrogen-bond acceptors (Lipinski definition) is 4. The van der Waals surface area contributed by atoms with E-state index < -0.39 is 0 Å². The summed E-state index contributed by atoms with van der Waals surface area (Å²) in [4.78, 5) is 23.3. The van der Waals surface area contributed by atoms with Crippen molar-refractivity contribution in [2.75, 3.05) is 26.3 Å². The number of aromatic nitrogens is 2. The fourth-order valence-corrected chi connectivity index (χ4v) is 4.42. The normalized spacial score (nSPS) is 21.8.